The molecule has 1 saturated heterocycles. The van der Waals surface area contributed by atoms with Crippen molar-refractivity contribution in [2.45, 2.75) is 39.1 Å². The minimum absolute atomic E-state index is 0.0167. The van der Waals surface area contributed by atoms with Gasteiger partial charge in [0.1, 0.15) is 5.60 Å². The first kappa shape index (κ1) is 8.68. The van der Waals surface area contributed by atoms with E-state index in [1.54, 1.807) is 20.8 Å². The van der Waals surface area contributed by atoms with Gasteiger partial charge in [-0.25, -0.2) is 0 Å². The Morgan fingerprint density at radius 2 is 1.91 bits per heavy atom. The molecule has 0 N–H and O–H groups in total. The Hall–Kier alpha value is -0.410. The Bertz CT molecular complexity index is 186. The van der Waals surface area contributed by atoms with Crippen LogP contribution < -0.4 is 0 Å². The Morgan fingerprint density at radius 3 is 2.09 bits per heavy atom. The Kier molecular flexibility index (Phi) is 1.81. The number of Topliss-reactive ketones (excluding diaryl/α,β-unsaturated/α-hetero) is 1. The minimum atomic E-state index is -0.733. The van der Waals surface area contributed by atoms with Gasteiger partial charge in [0.25, 0.3) is 0 Å². The number of carbonyl (C=O) groups is 1. The van der Waals surface area contributed by atoms with Crippen LogP contribution in [0.5, 0.6) is 0 Å². The minimum Gasteiger partial charge on any atom is -0.347 e. The molecule has 0 radical (unpaired) electrons. The molecule has 0 aromatic rings. The van der Waals surface area contributed by atoms with Crippen molar-refractivity contribution in [3.63, 3.8) is 0 Å². The van der Waals surface area contributed by atoms with E-state index in [2.05, 4.69) is 0 Å². The second-order valence-corrected chi connectivity index (χ2v) is 3.58. The molecular weight excluding hydrogens is 144 g/mol. The number of carbonyl (C=O) groups excluding carboxylic acids is 1. The molecule has 0 amide bonds. The first-order valence-electron chi connectivity index (χ1n) is 3.71. The molecule has 1 heterocycles. The molecule has 0 spiro atoms. The largest absolute Gasteiger partial charge is 0.347 e. The van der Waals surface area contributed by atoms with Gasteiger partial charge < -0.3 is 9.47 Å². The summed E-state index contributed by atoms with van der Waals surface area (Å²) in [5.74, 6) is -0.594. The molecule has 0 aliphatic carbocycles. The Balaban J connectivity index is 2.73. The van der Waals surface area contributed by atoms with Crippen molar-refractivity contribution in [2.24, 2.45) is 0 Å². The summed E-state index contributed by atoms with van der Waals surface area (Å²) in [5, 5.41) is 0. The van der Waals surface area contributed by atoms with E-state index in [1.807, 2.05) is 0 Å². The van der Waals surface area contributed by atoms with Crippen molar-refractivity contribution in [2.75, 3.05) is 6.61 Å². The summed E-state index contributed by atoms with van der Waals surface area (Å²) < 4.78 is 10.7. The van der Waals surface area contributed by atoms with E-state index in [9.17, 15) is 4.79 Å². The fourth-order valence-electron chi connectivity index (χ4n) is 1.09. The number of hydrogen-bond donors (Lipinski definition) is 0. The molecule has 1 aliphatic rings. The summed E-state index contributed by atoms with van der Waals surface area (Å²) in [5.41, 5.74) is -0.733. The molecule has 11 heavy (non-hydrogen) atoms. The highest BCUT2D eigenvalue weighted by molar-refractivity contribution is 5.84. The SMILES string of the molecule is CC(=O)C1(C)COC(C)(C)O1. The van der Waals surface area contributed by atoms with Crippen LogP contribution in [0.15, 0.2) is 0 Å². The van der Waals surface area contributed by atoms with Crippen molar-refractivity contribution in [3.05, 3.63) is 0 Å². The first-order valence-corrected chi connectivity index (χ1v) is 3.71. The monoisotopic (exact) mass is 158 g/mol. The lowest BCUT2D eigenvalue weighted by Gasteiger charge is -2.21. The zero-order chi connectivity index (χ0) is 8.70. The highest BCUT2D eigenvalue weighted by Gasteiger charge is 2.45. The lowest BCUT2D eigenvalue weighted by Crippen LogP contribution is -2.37. The molecule has 1 unspecified atom stereocenters. The molecular formula is C8H14O3. The molecule has 1 aliphatic heterocycles. The average Bonchev–Trinajstić information content (AvgIpc) is 2.08. The summed E-state index contributed by atoms with van der Waals surface area (Å²) in [7, 11) is 0. The van der Waals surface area contributed by atoms with Crippen LogP contribution in [0.4, 0.5) is 0 Å². The molecule has 1 atom stereocenters. The van der Waals surface area contributed by atoms with E-state index >= 15 is 0 Å². The lowest BCUT2D eigenvalue weighted by atomic mass is 10.0. The van der Waals surface area contributed by atoms with Crippen molar-refractivity contribution in [1.82, 2.24) is 0 Å². The molecule has 0 aromatic carbocycles. The van der Waals surface area contributed by atoms with Crippen molar-refractivity contribution in [3.8, 4) is 0 Å². The summed E-state index contributed by atoms with van der Waals surface area (Å²) in [6, 6.07) is 0. The Labute approximate surface area is 66.7 Å². The zero-order valence-corrected chi connectivity index (χ0v) is 7.43. The summed E-state index contributed by atoms with van der Waals surface area (Å²) >= 11 is 0. The third-order valence-corrected chi connectivity index (χ3v) is 1.91. The molecule has 0 saturated carbocycles. The van der Waals surface area contributed by atoms with Gasteiger partial charge in [0.05, 0.1) is 6.61 Å². The van der Waals surface area contributed by atoms with E-state index in [4.69, 9.17) is 9.47 Å². The first-order chi connectivity index (χ1) is 4.86. The fourth-order valence-corrected chi connectivity index (χ4v) is 1.09. The highest BCUT2D eigenvalue weighted by atomic mass is 16.8. The number of rotatable bonds is 1. The Morgan fingerprint density at radius 1 is 1.36 bits per heavy atom. The van der Waals surface area contributed by atoms with E-state index in [0.29, 0.717) is 6.61 Å². The molecule has 0 aromatic heterocycles. The number of hydrogen-bond acceptors (Lipinski definition) is 3. The van der Waals surface area contributed by atoms with Crippen LogP contribution >= 0.6 is 0 Å². The third kappa shape index (κ3) is 1.60. The predicted octanol–water partition coefficient (Wildman–Crippen LogP) is 1.12. The molecule has 3 heteroatoms. The highest BCUT2D eigenvalue weighted by Crippen LogP contribution is 2.30. The quantitative estimate of drug-likeness (QED) is 0.573. The van der Waals surface area contributed by atoms with Gasteiger partial charge >= 0.3 is 0 Å². The summed E-state index contributed by atoms with van der Waals surface area (Å²) in [6.45, 7) is 7.24. The maximum atomic E-state index is 11.1. The van der Waals surface area contributed by atoms with Gasteiger partial charge in [-0.3, -0.25) is 4.79 Å². The second-order valence-electron chi connectivity index (χ2n) is 3.58. The van der Waals surface area contributed by atoms with Crippen molar-refractivity contribution < 1.29 is 14.3 Å². The summed E-state index contributed by atoms with van der Waals surface area (Å²) in [4.78, 5) is 11.1. The average molecular weight is 158 g/mol. The van der Waals surface area contributed by atoms with Gasteiger partial charge in [-0.2, -0.15) is 0 Å². The van der Waals surface area contributed by atoms with E-state index < -0.39 is 11.4 Å². The molecule has 1 rings (SSSR count). The van der Waals surface area contributed by atoms with Crippen LogP contribution in [-0.2, 0) is 14.3 Å². The normalized spacial score (nSPS) is 35.6. The van der Waals surface area contributed by atoms with E-state index in [1.165, 1.54) is 6.92 Å². The maximum absolute atomic E-state index is 11.1. The standard InChI is InChI=1S/C8H14O3/c1-6(9)8(4)5-10-7(2,3)11-8/h5H2,1-4H3. The second kappa shape index (κ2) is 2.29. The molecule has 1 fully saturated rings. The van der Waals surface area contributed by atoms with Crippen LogP contribution in [-0.4, -0.2) is 23.8 Å². The molecule has 64 valence electrons. The third-order valence-electron chi connectivity index (χ3n) is 1.91. The van der Waals surface area contributed by atoms with Crippen LogP contribution in [0.25, 0.3) is 0 Å². The van der Waals surface area contributed by atoms with Gasteiger partial charge in [-0.15, -0.1) is 0 Å². The predicted molar refractivity (Wildman–Crippen MR) is 40.2 cm³/mol. The van der Waals surface area contributed by atoms with E-state index in [0.717, 1.165) is 0 Å². The van der Waals surface area contributed by atoms with Crippen LogP contribution in [0.2, 0.25) is 0 Å². The van der Waals surface area contributed by atoms with Crippen LogP contribution in [0.1, 0.15) is 27.7 Å². The fraction of sp³-hybridized carbons (Fsp3) is 0.875. The van der Waals surface area contributed by atoms with Gasteiger partial charge in [-0.1, -0.05) is 0 Å². The van der Waals surface area contributed by atoms with Crippen molar-refractivity contribution >= 4 is 5.78 Å². The van der Waals surface area contributed by atoms with Gasteiger partial charge in [0.15, 0.2) is 11.6 Å². The van der Waals surface area contributed by atoms with Crippen LogP contribution in [0.3, 0.4) is 0 Å². The topological polar surface area (TPSA) is 35.5 Å². The number of ketones is 1. The summed E-state index contributed by atoms with van der Waals surface area (Å²) in [6.07, 6.45) is 0. The number of ether oxygens (including phenoxy) is 2. The lowest BCUT2D eigenvalue weighted by molar-refractivity contribution is -0.167. The smallest absolute Gasteiger partial charge is 0.164 e. The van der Waals surface area contributed by atoms with Crippen LogP contribution in [0, 0.1) is 0 Å². The van der Waals surface area contributed by atoms with Gasteiger partial charge in [0.2, 0.25) is 0 Å². The van der Waals surface area contributed by atoms with Gasteiger partial charge in [-0.05, 0) is 27.7 Å². The van der Waals surface area contributed by atoms with E-state index in [-0.39, 0.29) is 5.78 Å². The van der Waals surface area contributed by atoms with Gasteiger partial charge in [0, 0.05) is 0 Å². The van der Waals surface area contributed by atoms with Crippen molar-refractivity contribution in [1.29, 1.82) is 0 Å². The zero-order valence-electron chi connectivity index (χ0n) is 7.43. The molecule has 3 nitrogen and oxygen atoms in total. The molecule has 0 bridgehead atoms. The maximum Gasteiger partial charge on any atom is 0.164 e.